The number of ether oxygens (including phenoxy) is 1. The fraction of sp³-hybridized carbons (Fsp3) is 0.111. The van der Waals surface area contributed by atoms with E-state index in [0.717, 1.165) is 5.56 Å². The fourth-order valence-electron chi connectivity index (χ4n) is 4.52. The number of methoxy groups -OCH3 is 1. The van der Waals surface area contributed by atoms with Crippen molar-refractivity contribution in [2.45, 2.75) is 12.6 Å². The number of carbonyl (C=O) groups excluding carboxylic acids is 1. The molecule has 5 rings (SSSR count). The molecule has 176 valence electrons. The van der Waals surface area contributed by atoms with Crippen molar-refractivity contribution in [3.63, 3.8) is 0 Å². The molecule has 3 aromatic carbocycles. The Morgan fingerprint density at radius 1 is 0.943 bits per heavy atom. The summed E-state index contributed by atoms with van der Waals surface area (Å²) in [6, 6.07) is 19.9. The van der Waals surface area contributed by atoms with Crippen LogP contribution < -0.4 is 9.64 Å². The number of nitrogens with zero attached hydrogens (tertiary/aromatic N) is 2. The van der Waals surface area contributed by atoms with Crippen LogP contribution in [0.1, 0.15) is 27.7 Å². The number of fused-ring (bicyclic) bond motifs is 2. The van der Waals surface area contributed by atoms with Crippen LogP contribution in [0, 0.1) is 0 Å². The number of anilines is 1. The second-order valence-electron chi connectivity index (χ2n) is 8.12. The maximum atomic E-state index is 14.1. The number of carbonyl (C=O) groups is 2. The average Bonchev–Trinajstić information content (AvgIpc) is 3.24. The van der Waals surface area contributed by atoms with Crippen LogP contribution in [0.3, 0.4) is 0 Å². The minimum atomic E-state index is -1.24. The lowest BCUT2D eigenvalue weighted by Crippen LogP contribution is -2.39. The van der Waals surface area contributed by atoms with Crippen LogP contribution in [0.25, 0.3) is 11.1 Å². The third kappa shape index (κ3) is 3.95. The normalized spacial score (nSPS) is 14.6. The highest BCUT2D eigenvalue weighted by Gasteiger charge is 2.39. The van der Waals surface area contributed by atoms with Gasteiger partial charge in [-0.05, 0) is 42.0 Å². The maximum Gasteiger partial charge on any atom is 0.333 e. The van der Waals surface area contributed by atoms with Gasteiger partial charge < -0.3 is 14.4 Å². The molecule has 6 nitrogen and oxygen atoms in total. The van der Waals surface area contributed by atoms with Gasteiger partial charge in [0.2, 0.25) is 0 Å². The second kappa shape index (κ2) is 9.13. The Balaban J connectivity index is 1.69. The lowest BCUT2D eigenvalue weighted by atomic mass is 10.0. The minimum Gasteiger partial charge on any atom is -0.496 e. The number of rotatable bonds is 4. The molecule has 0 aliphatic carbocycles. The molecule has 0 fully saturated rings. The molecule has 1 N–H and O–H groups in total. The minimum absolute atomic E-state index is 0.148. The van der Waals surface area contributed by atoms with Gasteiger partial charge in [-0.15, -0.1) is 0 Å². The highest BCUT2D eigenvalue weighted by atomic mass is 35.5. The lowest BCUT2D eigenvalue weighted by Gasteiger charge is -2.29. The summed E-state index contributed by atoms with van der Waals surface area (Å²) in [6.45, 7) is 0.440. The average molecular weight is 507 g/mol. The van der Waals surface area contributed by atoms with Gasteiger partial charge in [-0.1, -0.05) is 59.6 Å². The van der Waals surface area contributed by atoms with Crippen LogP contribution in [-0.2, 0) is 11.3 Å². The van der Waals surface area contributed by atoms with Crippen molar-refractivity contribution in [1.82, 2.24) is 4.57 Å². The first kappa shape index (κ1) is 23.0. The first-order valence-corrected chi connectivity index (χ1v) is 11.6. The molecule has 1 aromatic heterocycles. The van der Waals surface area contributed by atoms with Crippen LogP contribution in [0.4, 0.5) is 5.69 Å². The van der Waals surface area contributed by atoms with Crippen molar-refractivity contribution in [2.75, 3.05) is 12.0 Å². The van der Waals surface area contributed by atoms with Crippen molar-refractivity contribution in [3.8, 4) is 16.9 Å². The van der Waals surface area contributed by atoms with E-state index in [9.17, 15) is 14.7 Å². The van der Waals surface area contributed by atoms with E-state index >= 15 is 0 Å². The Morgan fingerprint density at radius 2 is 1.69 bits per heavy atom. The number of hydrogen-bond acceptors (Lipinski definition) is 3. The molecule has 1 unspecified atom stereocenters. The van der Waals surface area contributed by atoms with E-state index in [4.69, 9.17) is 27.9 Å². The molecule has 1 atom stereocenters. The molecule has 35 heavy (non-hydrogen) atoms. The van der Waals surface area contributed by atoms with E-state index in [1.807, 2.05) is 41.1 Å². The van der Waals surface area contributed by atoms with Gasteiger partial charge in [0.25, 0.3) is 5.91 Å². The van der Waals surface area contributed by atoms with E-state index in [1.54, 1.807) is 36.4 Å². The number of carboxylic acids is 1. The summed E-state index contributed by atoms with van der Waals surface area (Å²) in [6.07, 6.45) is 1.81. The topological polar surface area (TPSA) is 71.8 Å². The largest absolute Gasteiger partial charge is 0.496 e. The van der Waals surface area contributed by atoms with Gasteiger partial charge in [0, 0.05) is 33.9 Å². The molecule has 2 heterocycles. The molecule has 0 saturated carbocycles. The molecular formula is C27H20Cl2N2O4. The number of amides is 1. The quantitative estimate of drug-likeness (QED) is 0.352. The van der Waals surface area contributed by atoms with Gasteiger partial charge in [-0.25, -0.2) is 4.79 Å². The van der Waals surface area contributed by atoms with Gasteiger partial charge in [0.15, 0.2) is 6.04 Å². The number of aliphatic carboxylic acids is 1. The predicted octanol–water partition coefficient (Wildman–Crippen LogP) is 6.30. The van der Waals surface area contributed by atoms with Gasteiger partial charge in [0.05, 0.1) is 24.1 Å². The molecule has 0 radical (unpaired) electrons. The third-order valence-electron chi connectivity index (χ3n) is 6.13. The van der Waals surface area contributed by atoms with E-state index in [0.29, 0.717) is 39.1 Å². The predicted molar refractivity (Wildman–Crippen MR) is 136 cm³/mol. The smallest absolute Gasteiger partial charge is 0.333 e. The van der Waals surface area contributed by atoms with E-state index in [1.165, 1.54) is 18.1 Å². The van der Waals surface area contributed by atoms with Crippen LogP contribution >= 0.6 is 23.2 Å². The molecule has 0 spiro atoms. The molecule has 1 aliphatic heterocycles. The van der Waals surface area contributed by atoms with E-state index in [-0.39, 0.29) is 11.3 Å². The highest BCUT2D eigenvalue weighted by molar-refractivity contribution is 6.37. The standard InChI is InChI=1S/C27H20Cl2N2O4/c1-35-24-14-18(17-8-3-4-9-20(17)28)21(29)13-19(24)26(32)31-22-10-5-2-7-16(22)15-30-12-6-11-23(30)25(31)27(33)34/h2-14,25H,15H2,1H3,(H,33,34). The van der Waals surface area contributed by atoms with Crippen molar-refractivity contribution >= 4 is 40.8 Å². The molecular weight excluding hydrogens is 487 g/mol. The van der Waals surface area contributed by atoms with Crippen molar-refractivity contribution in [3.05, 3.63) is 106 Å². The van der Waals surface area contributed by atoms with E-state index in [2.05, 4.69) is 0 Å². The van der Waals surface area contributed by atoms with Crippen LogP contribution in [0.15, 0.2) is 79.0 Å². The van der Waals surface area contributed by atoms with Gasteiger partial charge in [-0.2, -0.15) is 0 Å². The SMILES string of the molecule is COc1cc(-c2ccccc2Cl)c(Cl)cc1C(=O)N1c2ccccc2Cn2cccc2C1C(=O)O. The summed E-state index contributed by atoms with van der Waals surface area (Å²) in [5.41, 5.74) is 3.28. The number of halogens is 2. The summed E-state index contributed by atoms with van der Waals surface area (Å²) in [7, 11) is 1.45. The Labute approximate surface area is 211 Å². The lowest BCUT2D eigenvalue weighted by molar-refractivity contribution is -0.138. The van der Waals surface area contributed by atoms with Gasteiger partial charge in [0.1, 0.15) is 5.75 Å². The van der Waals surface area contributed by atoms with Gasteiger partial charge >= 0.3 is 5.97 Å². The number of benzene rings is 3. The van der Waals surface area contributed by atoms with Crippen molar-refractivity contribution in [2.24, 2.45) is 0 Å². The van der Waals surface area contributed by atoms with Crippen molar-refractivity contribution < 1.29 is 19.4 Å². The summed E-state index contributed by atoms with van der Waals surface area (Å²) in [5, 5.41) is 11.0. The van der Waals surface area contributed by atoms with E-state index < -0.39 is 17.9 Å². The molecule has 0 saturated heterocycles. The molecule has 4 aromatic rings. The van der Waals surface area contributed by atoms with Crippen molar-refractivity contribution in [1.29, 1.82) is 0 Å². The summed E-state index contributed by atoms with van der Waals surface area (Å²) >= 11 is 13.0. The summed E-state index contributed by atoms with van der Waals surface area (Å²) in [4.78, 5) is 27.9. The number of hydrogen-bond donors (Lipinski definition) is 1. The first-order chi connectivity index (χ1) is 16.9. The monoisotopic (exact) mass is 506 g/mol. The first-order valence-electron chi connectivity index (χ1n) is 10.8. The summed E-state index contributed by atoms with van der Waals surface area (Å²) in [5.74, 6) is -1.42. The third-order valence-corrected chi connectivity index (χ3v) is 6.77. The molecule has 1 aliphatic rings. The molecule has 0 bridgehead atoms. The number of carboxylic acid groups (broad SMARTS) is 1. The number of aromatic nitrogens is 1. The molecule has 1 amide bonds. The van der Waals surface area contributed by atoms with Crippen LogP contribution in [0.5, 0.6) is 5.75 Å². The fourth-order valence-corrected chi connectivity index (χ4v) is 5.03. The Hall–Kier alpha value is -3.74. The van der Waals surface area contributed by atoms with Gasteiger partial charge in [-0.3, -0.25) is 9.69 Å². The highest BCUT2D eigenvalue weighted by Crippen LogP contribution is 2.41. The van der Waals surface area contributed by atoms with Crippen LogP contribution in [0.2, 0.25) is 10.0 Å². The zero-order chi connectivity index (χ0) is 24.7. The summed E-state index contributed by atoms with van der Waals surface area (Å²) < 4.78 is 7.42. The maximum absolute atomic E-state index is 14.1. The Bertz CT molecular complexity index is 1460. The Kier molecular flexibility index (Phi) is 6.01. The second-order valence-corrected chi connectivity index (χ2v) is 8.93. The molecule has 8 heteroatoms. The number of para-hydroxylation sites is 1. The zero-order valence-corrected chi connectivity index (χ0v) is 20.1. The zero-order valence-electron chi connectivity index (χ0n) is 18.6. The Morgan fingerprint density at radius 3 is 2.43 bits per heavy atom. The van der Waals surface area contributed by atoms with Crippen LogP contribution in [-0.4, -0.2) is 28.7 Å².